The molecular weight excluding hydrogens is 372 g/mol. The number of nitrogens with one attached hydrogen (secondary N) is 2. The monoisotopic (exact) mass is 396 g/mol. The van der Waals surface area contributed by atoms with Gasteiger partial charge in [0.05, 0.1) is 0 Å². The van der Waals surface area contributed by atoms with Gasteiger partial charge in [0.1, 0.15) is 0 Å². The second-order valence-electron chi connectivity index (χ2n) is 6.58. The number of Topliss-reactive ketones (excluding diaryl/α,β-unsaturated/α-hetero) is 1. The Morgan fingerprint density at radius 3 is 2.17 bits per heavy atom. The molecule has 1 unspecified atom stereocenters. The normalized spacial score (nSPS) is 11.2. The molecule has 0 aliphatic heterocycles. The molecule has 0 saturated heterocycles. The molecule has 2 aromatic carbocycles. The maximum absolute atomic E-state index is 12.3. The second-order valence-corrected chi connectivity index (χ2v) is 6.58. The zero-order valence-corrected chi connectivity index (χ0v) is 16.4. The largest absolute Gasteiger partial charge is 0.454 e. The van der Waals surface area contributed by atoms with Gasteiger partial charge in [-0.1, -0.05) is 48.0 Å². The fourth-order valence-electron chi connectivity index (χ4n) is 2.51. The SMILES string of the molecule is Cc1ccc(C(=O)C(C)OC(=O)CCCC(=O)NNC(=O)c2ccccc2)cc1. The Bertz CT molecular complexity index is 863. The molecule has 29 heavy (non-hydrogen) atoms. The summed E-state index contributed by atoms with van der Waals surface area (Å²) in [7, 11) is 0. The first-order valence-electron chi connectivity index (χ1n) is 9.31. The van der Waals surface area contributed by atoms with E-state index in [9.17, 15) is 19.2 Å². The first-order chi connectivity index (χ1) is 13.9. The van der Waals surface area contributed by atoms with Crippen LogP contribution in [-0.2, 0) is 14.3 Å². The predicted octanol–water partition coefficient (Wildman–Crippen LogP) is 2.74. The minimum absolute atomic E-state index is 0.00836. The molecule has 0 aliphatic carbocycles. The van der Waals surface area contributed by atoms with Gasteiger partial charge in [0.25, 0.3) is 5.91 Å². The third-order valence-electron chi connectivity index (χ3n) is 4.15. The smallest absolute Gasteiger partial charge is 0.306 e. The van der Waals surface area contributed by atoms with Gasteiger partial charge in [0, 0.05) is 24.0 Å². The van der Waals surface area contributed by atoms with E-state index in [1.165, 1.54) is 6.92 Å². The molecular formula is C22H24N2O5. The van der Waals surface area contributed by atoms with E-state index < -0.39 is 23.9 Å². The Morgan fingerprint density at radius 2 is 1.52 bits per heavy atom. The van der Waals surface area contributed by atoms with Gasteiger partial charge in [-0.05, 0) is 32.4 Å². The number of carbonyl (C=O) groups is 4. The van der Waals surface area contributed by atoms with Gasteiger partial charge in [-0.2, -0.15) is 0 Å². The van der Waals surface area contributed by atoms with Gasteiger partial charge in [-0.25, -0.2) is 0 Å². The van der Waals surface area contributed by atoms with Crippen molar-refractivity contribution in [3.8, 4) is 0 Å². The summed E-state index contributed by atoms with van der Waals surface area (Å²) in [5.74, 6) is -1.69. The fraction of sp³-hybridized carbons (Fsp3) is 0.273. The molecule has 2 rings (SSSR count). The summed E-state index contributed by atoms with van der Waals surface area (Å²) in [6, 6.07) is 15.5. The average Bonchev–Trinajstić information content (AvgIpc) is 2.72. The molecule has 0 fully saturated rings. The standard InChI is InChI=1S/C22H24N2O5/c1-15-11-13-17(14-12-15)21(27)16(2)29-20(26)10-6-9-19(25)23-24-22(28)18-7-4-3-5-8-18/h3-5,7-8,11-14,16H,6,9-10H2,1-2H3,(H,23,25)(H,24,28). The summed E-state index contributed by atoms with van der Waals surface area (Å²) in [5, 5.41) is 0. The second kappa shape index (κ2) is 10.8. The molecule has 152 valence electrons. The van der Waals surface area contributed by atoms with Gasteiger partial charge < -0.3 is 4.74 Å². The highest BCUT2D eigenvalue weighted by Crippen LogP contribution is 2.10. The minimum Gasteiger partial charge on any atom is -0.454 e. The van der Waals surface area contributed by atoms with E-state index in [0.29, 0.717) is 11.1 Å². The van der Waals surface area contributed by atoms with Gasteiger partial charge >= 0.3 is 5.97 Å². The van der Waals surface area contributed by atoms with E-state index in [0.717, 1.165) is 5.56 Å². The lowest BCUT2D eigenvalue weighted by molar-refractivity contribution is -0.146. The highest BCUT2D eigenvalue weighted by atomic mass is 16.5. The number of carbonyl (C=O) groups excluding carboxylic acids is 4. The molecule has 2 aromatic rings. The van der Waals surface area contributed by atoms with Crippen molar-refractivity contribution in [2.45, 2.75) is 39.2 Å². The summed E-state index contributed by atoms with van der Waals surface area (Å²) in [6.07, 6.45) is -0.642. The van der Waals surface area contributed by atoms with Crippen molar-refractivity contribution in [2.24, 2.45) is 0 Å². The van der Waals surface area contributed by atoms with Gasteiger partial charge in [0.2, 0.25) is 11.7 Å². The Hall–Kier alpha value is -3.48. The Balaban J connectivity index is 1.66. The van der Waals surface area contributed by atoms with Crippen molar-refractivity contribution in [1.82, 2.24) is 10.9 Å². The Morgan fingerprint density at radius 1 is 0.862 bits per heavy atom. The summed E-state index contributed by atoms with van der Waals surface area (Å²) in [4.78, 5) is 47.7. The lowest BCUT2D eigenvalue weighted by Crippen LogP contribution is -2.41. The van der Waals surface area contributed by atoms with Crippen molar-refractivity contribution in [3.63, 3.8) is 0 Å². The topological polar surface area (TPSA) is 102 Å². The number of ketones is 1. The van der Waals surface area contributed by atoms with Crippen LogP contribution in [0.25, 0.3) is 0 Å². The zero-order valence-electron chi connectivity index (χ0n) is 16.4. The summed E-state index contributed by atoms with van der Waals surface area (Å²) in [6.45, 7) is 3.44. The first-order valence-corrected chi connectivity index (χ1v) is 9.31. The van der Waals surface area contributed by atoms with Crippen LogP contribution >= 0.6 is 0 Å². The summed E-state index contributed by atoms with van der Waals surface area (Å²) in [5.41, 5.74) is 6.53. The van der Waals surface area contributed by atoms with E-state index in [1.807, 2.05) is 19.1 Å². The van der Waals surface area contributed by atoms with E-state index in [4.69, 9.17) is 4.74 Å². The molecule has 0 saturated carbocycles. The van der Waals surface area contributed by atoms with Crippen LogP contribution in [0.5, 0.6) is 0 Å². The van der Waals surface area contributed by atoms with Crippen LogP contribution in [0.4, 0.5) is 0 Å². The maximum Gasteiger partial charge on any atom is 0.306 e. The number of hydrogen-bond acceptors (Lipinski definition) is 5. The van der Waals surface area contributed by atoms with Crippen LogP contribution in [0.15, 0.2) is 54.6 Å². The molecule has 2 amide bonds. The molecule has 0 spiro atoms. The summed E-state index contributed by atoms with van der Waals surface area (Å²) >= 11 is 0. The first kappa shape index (κ1) is 21.8. The quantitative estimate of drug-likeness (QED) is 0.406. The zero-order chi connectivity index (χ0) is 21.2. The van der Waals surface area contributed by atoms with Crippen molar-refractivity contribution < 1.29 is 23.9 Å². The molecule has 7 nitrogen and oxygen atoms in total. The Labute approximate surface area is 169 Å². The predicted molar refractivity (Wildman–Crippen MR) is 107 cm³/mol. The molecule has 0 heterocycles. The van der Waals surface area contributed by atoms with E-state index in [1.54, 1.807) is 42.5 Å². The van der Waals surface area contributed by atoms with E-state index >= 15 is 0 Å². The highest BCUT2D eigenvalue weighted by molar-refractivity contribution is 6.00. The van der Waals surface area contributed by atoms with Crippen LogP contribution < -0.4 is 10.9 Å². The molecule has 2 N–H and O–H groups in total. The van der Waals surface area contributed by atoms with E-state index in [-0.39, 0.29) is 25.0 Å². The van der Waals surface area contributed by atoms with Crippen LogP contribution in [0.2, 0.25) is 0 Å². The minimum atomic E-state index is -0.899. The summed E-state index contributed by atoms with van der Waals surface area (Å²) < 4.78 is 5.14. The highest BCUT2D eigenvalue weighted by Gasteiger charge is 2.19. The van der Waals surface area contributed by atoms with Gasteiger partial charge in [0.15, 0.2) is 6.10 Å². The molecule has 0 aromatic heterocycles. The molecule has 0 radical (unpaired) electrons. The van der Waals surface area contributed by atoms with Crippen LogP contribution in [0, 0.1) is 6.92 Å². The number of aryl methyl sites for hydroxylation is 1. The van der Waals surface area contributed by atoms with Crippen molar-refractivity contribution >= 4 is 23.6 Å². The third-order valence-corrected chi connectivity index (χ3v) is 4.15. The number of ether oxygens (including phenoxy) is 1. The number of esters is 1. The average molecular weight is 396 g/mol. The Kier molecular flexibility index (Phi) is 8.09. The number of hydrazine groups is 1. The molecule has 0 bridgehead atoms. The lowest BCUT2D eigenvalue weighted by atomic mass is 10.1. The molecule has 0 aliphatic rings. The number of amides is 2. The van der Waals surface area contributed by atoms with Crippen molar-refractivity contribution in [1.29, 1.82) is 0 Å². The fourth-order valence-corrected chi connectivity index (χ4v) is 2.51. The van der Waals surface area contributed by atoms with Crippen LogP contribution in [-0.4, -0.2) is 29.7 Å². The number of hydrogen-bond donors (Lipinski definition) is 2. The third kappa shape index (κ3) is 7.21. The van der Waals surface area contributed by atoms with Crippen molar-refractivity contribution in [2.75, 3.05) is 0 Å². The lowest BCUT2D eigenvalue weighted by Gasteiger charge is -2.12. The van der Waals surface area contributed by atoms with Gasteiger partial charge in [-0.3, -0.25) is 30.0 Å². The number of benzene rings is 2. The van der Waals surface area contributed by atoms with Crippen LogP contribution in [0.3, 0.4) is 0 Å². The number of rotatable bonds is 8. The molecule has 1 atom stereocenters. The molecule has 7 heteroatoms. The van der Waals surface area contributed by atoms with E-state index in [2.05, 4.69) is 10.9 Å². The van der Waals surface area contributed by atoms with Crippen LogP contribution in [0.1, 0.15) is 52.5 Å². The maximum atomic E-state index is 12.3. The van der Waals surface area contributed by atoms with Crippen molar-refractivity contribution in [3.05, 3.63) is 71.3 Å². The van der Waals surface area contributed by atoms with Gasteiger partial charge in [-0.15, -0.1) is 0 Å².